The highest BCUT2D eigenvalue weighted by molar-refractivity contribution is 5.19. The maximum atomic E-state index is 13.2. The molecule has 3 heteroatoms. The second kappa shape index (κ2) is 5.81. The van der Waals surface area contributed by atoms with Crippen LogP contribution in [0.25, 0.3) is 0 Å². The Hall–Kier alpha value is -0.930. The van der Waals surface area contributed by atoms with Gasteiger partial charge in [-0.3, -0.25) is 0 Å². The summed E-state index contributed by atoms with van der Waals surface area (Å²) >= 11 is 0. The third-order valence-electron chi connectivity index (χ3n) is 4.17. The molecule has 1 N–H and O–H groups in total. The highest BCUT2D eigenvalue weighted by Gasteiger charge is 2.40. The lowest BCUT2D eigenvalue weighted by atomic mass is 9.87. The van der Waals surface area contributed by atoms with E-state index in [-0.39, 0.29) is 17.5 Å². The summed E-state index contributed by atoms with van der Waals surface area (Å²) in [6, 6.07) is 7.09. The molecule has 0 spiro atoms. The predicted octanol–water partition coefficient (Wildman–Crippen LogP) is 2.92. The number of rotatable bonds is 5. The van der Waals surface area contributed by atoms with E-state index in [0.717, 1.165) is 24.8 Å². The van der Waals surface area contributed by atoms with Gasteiger partial charge in [-0.15, -0.1) is 0 Å². The molecule has 2 nitrogen and oxygen atoms in total. The van der Waals surface area contributed by atoms with Gasteiger partial charge in [0.15, 0.2) is 0 Å². The van der Waals surface area contributed by atoms with Gasteiger partial charge in [0.05, 0.1) is 5.60 Å². The van der Waals surface area contributed by atoms with E-state index in [1.807, 2.05) is 13.1 Å². The molecule has 0 bridgehead atoms. The first-order valence-corrected chi connectivity index (χ1v) is 6.67. The maximum absolute atomic E-state index is 13.2. The van der Waals surface area contributed by atoms with Crippen LogP contribution in [0.4, 0.5) is 4.39 Å². The van der Waals surface area contributed by atoms with E-state index >= 15 is 0 Å². The zero-order valence-corrected chi connectivity index (χ0v) is 11.2. The monoisotopic (exact) mass is 251 g/mol. The average molecular weight is 251 g/mol. The van der Waals surface area contributed by atoms with Crippen LogP contribution in [0.15, 0.2) is 24.3 Å². The Labute approximate surface area is 109 Å². The molecule has 0 aromatic heterocycles. The molecular formula is C15H22FNO. The van der Waals surface area contributed by atoms with Crippen molar-refractivity contribution in [1.29, 1.82) is 0 Å². The number of likely N-dealkylation sites (N-methyl/N-ethyl adjacent to an activating group) is 1. The molecule has 18 heavy (non-hydrogen) atoms. The highest BCUT2D eigenvalue weighted by atomic mass is 19.1. The lowest BCUT2D eigenvalue weighted by Crippen LogP contribution is -2.50. The summed E-state index contributed by atoms with van der Waals surface area (Å²) in [6.07, 6.45) is 5.42. The second-order valence-electron chi connectivity index (χ2n) is 5.15. The molecule has 1 fully saturated rings. The first-order valence-electron chi connectivity index (χ1n) is 6.67. The van der Waals surface area contributed by atoms with Gasteiger partial charge in [0, 0.05) is 13.2 Å². The van der Waals surface area contributed by atoms with Crippen molar-refractivity contribution in [2.45, 2.75) is 43.7 Å². The summed E-state index contributed by atoms with van der Waals surface area (Å²) in [5, 5.41) is 3.36. The van der Waals surface area contributed by atoms with Gasteiger partial charge >= 0.3 is 0 Å². The average Bonchev–Trinajstić information content (AvgIpc) is 2.86. The van der Waals surface area contributed by atoms with Crippen LogP contribution < -0.4 is 5.32 Å². The van der Waals surface area contributed by atoms with Gasteiger partial charge in [-0.2, -0.15) is 0 Å². The van der Waals surface area contributed by atoms with Crippen molar-refractivity contribution >= 4 is 0 Å². The van der Waals surface area contributed by atoms with Crippen LogP contribution in [0.3, 0.4) is 0 Å². The number of ether oxygens (including phenoxy) is 1. The molecule has 1 atom stereocenters. The molecule has 0 heterocycles. The molecule has 1 aliphatic rings. The van der Waals surface area contributed by atoms with E-state index in [9.17, 15) is 4.39 Å². The van der Waals surface area contributed by atoms with Crippen LogP contribution in [-0.4, -0.2) is 25.8 Å². The third kappa shape index (κ3) is 2.73. The standard InChI is InChI=1S/C15H22FNO/c1-17-14(15(18-2)8-3-4-9-15)11-12-6-5-7-13(16)10-12/h5-7,10,14,17H,3-4,8-9,11H2,1-2H3. The molecule has 1 aliphatic carbocycles. The number of halogens is 1. The number of nitrogens with one attached hydrogen (secondary N) is 1. The largest absolute Gasteiger partial charge is 0.377 e. The molecule has 1 unspecified atom stereocenters. The number of hydrogen-bond donors (Lipinski definition) is 1. The fraction of sp³-hybridized carbons (Fsp3) is 0.600. The number of hydrogen-bond acceptors (Lipinski definition) is 2. The van der Waals surface area contributed by atoms with Gasteiger partial charge in [-0.25, -0.2) is 4.39 Å². The summed E-state index contributed by atoms with van der Waals surface area (Å²) in [5.41, 5.74) is 0.943. The summed E-state index contributed by atoms with van der Waals surface area (Å²) in [4.78, 5) is 0. The van der Waals surface area contributed by atoms with Crippen molar-refractivity contribution in [2.75, 3.05) is 14.2 Å². The fourth-order valence-corrected chi connectivity index (χ4v) is 3.12. The van der Waals surface area contributed by atoms with Crippen LogP contribution in [-0.2, 0) is 11.2 Å². The lowest BCUT2D eigenvalue weighted by molar-refractivity contribution is -0.0336. The van der Waals surface area contributed by atoms with Gasteiger partial charge in [-0.05, 0) is 44.0 Å². The SMILES string of the molecule is CNC(Cc1cccc(F)c1)C1(OC)CCCC1. The van der Waals surface area contributed by atoms with Crippen molar-refractivity contribution in [2.24, 2.45) is 0 Å². The van der Waals surface area contributed by atoms with Crippen molar-refractivity contribution < 1.29 is 9.13 Å². The molecule has 0 aliphatic heterocycles. The Balaban J connectivity index is 2.13. The molecule has 1 saturated carbocycles. The van der Waals surface area contributed by atoms with Gasteiger partial charge < -0.3 is 10.1 Å². The Morgan fingerprint density at radius 1 is 1.39 bits per heavy atom. The normalized spacial score (nSPS) is 19.9. The number of benzene rings is 1. The Kier molecular flexibility index (Phi) is 4.36. The number of methoxy groups -OCH3 is 1. The van der Waals surface area contributed by atoms with Crippen LogP contribution in [0.2, 0.25) is 0 Å². The Bertz CT molecular complexity index is 388. The van der Waals surface area contributed by atoms with E-state index in [4.69, 9.17) is 4.74 Å². The second-order valence-corrected chi connectivity index (χ2v) is 5.15. The van der Waals surface area contributed by atoms with E-state index in [1.165, 1.54) is 18.9 Å². The molecule has 100 valence electrons. The molecule has 1 aromatic carbocycles. The van der Waals surface area contributed by atoms with Crippen LogP contribution in [0, 0.1) is 5.82 Å². The van der Waals surface area contributed by atoms with Crippen LogP contribution in [0.1, 0.15) is 31.2 Å². The minimum Gasteiger partial charge on any atom is -0.377 e. The minimum atomic E-state index is -0.166. The Morgan fingerprint density at radius 3 is 2.67 bits per heavy atom. The third-order valence-corrected chi connectivity index (χ3v) is 4.17. The topological polar surface area (TPSA) is 21.3 Å². The van der Waals surface area contributed by atoms with Crippen molar-refractivity contribution in [3.8, 4) is 0 Å². The van der Waals surface area contributed by atoms with E-state index in [2.05, 4.69) is 5.32 Å². The molecule has 0 amide bonds. The van der Waals surface area contributed by atoms with Crippen LogP contribution in [0.5, 0.6) is 0 Å². The van der Waals surface area contributed by atoms with Crippen molar-refractivity contribution in [1.82, 2.24) is 5.32 Å². The molecular weight excluding hydrogens is 229 g/mol. The Morgan fingerprint density at radius 2 is 2.11 bits per heavy atom. The first-order chi connectivity index (χ1) is 8.70. The lowest BCUT2D eigenvalue weighted by Gasteiger charge is -2.36. The smallest absolute Gasteiger partial charge is 0.123 e. The quantitative estimate of drug-likeness (QED) is 0.868. The maximum Gasteiger partial charge on any atom is 0.123 e. The summed E-state index contributed by atoms with van der Waals surface area (Å²) in [5.74, 6) is -0.166. The van der Waals surface area contributed by atoms with Crippen molar-refractivity contribution in [3.63, 3.8) is 0 Å². The molecule has 0 saturated heterocycles. The summed E-state index contributed by atoms with van der Waals surface area (Å²) in [7, 11) is 3.75. The van der Waals surface area contributed by atoms with E-state index in [1.54, 1.807) is 19.2 Å². The zero-order valence-electron chi connectivity index (χ0n) is 11.2. The molecule has 0 radical (unpaired) electrons. The van der Waals surface area contributed by atoms with Crippen LogP contribution >= 0.6 is 0 Å². The van der Waals surface area contributed by atoms with Gasteiger partial charge in [0.2, 0.25) is 0 Å². The highest BCUT2D eigenvalue weighted by Crippen LogP contribution is 2.36. The van der Waals surface area contributed by atoms with Gasteiger partial charge in [0.1, 0.15) is 5.82 Å². The summed E-state index contributed by atoms with van der Waals surface area (Å²) < 4.78 is 19.0. The fourth-order valence-electron chi connectivity index (χ4n) is 3.12. The van der Waals surface area contributed by atoms with E-state index in [0.29, 0.717) is 0 Å². The zero-order chi connectivity index (χ0) is 13.0. The van der Waals surface area contributed by atoms with E-state index < -0.39 is 0 Å². The van der Waals surface area contributed by atoms with Gasteiger partial charge in [-0.1, -0.05) is 25.0 Å². The van der Waals surface area contributed by atoms with Gasteiger partial charge in [0.25, 0.3) is 0 Å². The molecule has 2 rings (SSSR count). The predicted molar refractivity (Wildman–Crippen MR) is 71.2 cm³/mol. The minimum absolute atomic E-state index is 0.0823. The first kappa shape index (κ1) is 13.5. The summed E-state index contributed by atoms with van der Waals surface area (Å²) in [6.45, 7) is 0. The van der Waals surface area contributed by atoms with Crippen molar-refractivity contribution in [3.05, 3.63) is 35.6 Å². The molecule has 1 aromatic rings.